The summed E-state index contributed by atoms with van der Waals surface area (Å²) in [5, 5.41) is 3.88. The van der Waals surface area contributed by atoms with Crippen molar-refractivity contribution in [2.45, 2.75) is 12.8 Å². The van der Waals surface area contributed by atoms with Crippen molar-refractivity contribution in [3.05, 3.63) is 41.6 Å². The first kappa shape index (κ1) is 15.4. The highest BCUT2D eigenvalue weighted by Crippen LogP contribution is 2.33. The summed E-state index contributed by atoms with van der Waals surface area (Å²) in [6, 6.07) is 9.97. The van der Waals surface area contributed by atoms with Crippen LogP contribution in [0.2, 0.25) is 5.02 Å². The highest BCUT2D eigenvalue weighted by molar-refractivity contribution is 6.32. The number of ether oxygens (including phenoxy) is 1. The Morgan fingerprint density at radius 3 is 2.75 bits per heavy atom. The second-order valence-corrected chi connectivity index (χ2v) is 6.50. The van der Waals surface area contributed by atoms with E-state index in [9.17, 15) is 0 Å². The van der Waals surface area contributed by atoms with Gasteiger partial charge in [-0.05, 0) is 31.8 Å². The Bertz CT molecular complexity index is 828. The van der Waals surface area contributed by atoms with Gasteiger partial charge < -0.3 is 15.0 Å². The molecule has 2 aromatic heterocycles. The van der Waals surface area contributed by atoms with Crippen LogP contribution in [0.25, 0.3) is 22.6 Å². The van der Waals surface area contributed by atoms with Gasteiger partial charge in [0.2, 0.25) is 0 Å². The number of hydrogen-bond acceptors (Lipinski definition) is 4. The number of aromatic nitrogens is 3. The summed E-state index contributed by atoms with van der Waals surface area (Å²) >= 11 is 6.33. The summed E-state index contributed by atoms with van der Waals surface area (Å²) in [7, 11) is 0. The number of rotatable bonds is 4. The van der Waals surface area contributed by atoms with Crippen LogP contribution < -0.4 is 10.1 Å². The van der Waals surface area contributed by atoms with Crippen LogP contribution in [0.5, 0.6) is 5.75 Å². The molecule has 1 aromatic carbocycles. The minimum Gasteiger partial charge on any atom is -0.489 e. The van der Waals surface area contributed by atoms with E-state index in [1.54, 1.807) is 6.20 Å². The Morgan fingerprint density at radius 1 is 1.17 bits per heavy atom. The predicted octanol–water partition coefficient (Wildman–Crippen LogP) is 3.66. The third-order valence-corrected chi connectivity index (χ3v) is 4.67. The molecule has 1 saturated heterocycles. The summed E-state index contributed by atoms with van der Waals surface area (Å²) in [6.45, 7) is 2.77. The fourth-order valence-corrected chi connectivity index (χ4v) is 3.23. The highest BCUT2D eigenvalue weighted by atomic mass is 35.5. The third-order valence-electron chi connectivity index (χ3n) is 4.40. The molecule has 4 rings (SSSR count). The van der Waals surface area contributed by atoms with Gasteiger partial charge in [0, 0.05) is 5.56 Å². The van der Waals surface area contributed by atoms with Gasteiger partial charge in [-0.25, -0.2) is 9.97 Å². The number of pyridine rings is 1. The zero-order chi connectivity index (χ0) is 16.4. The van der Waals surface area contributed by atoms with E-state index in [-0.39, 0.29) is 0 Å². The molecule has 0 atom stereocenters. The van der Waals surface area contributed by atoms with Gasteiger partial charge in [-0.2, -0.15) is 0 Å². The Hall–Kier alpha value is -2.11. The number of benzene rings is 1. The lowest BCUT2D eigenvalue weighted by Crippen LogP contribution is -2.30. The molecule has 1 aliphatic heterocycles. The quantitative estimate of drug-likeness (QED) is 0.759. The van der Waals surface area contributed by atoms with Crippen molar-refractivity contribution in [1.29, 1.82) is 0 Å². The third kappa shape index (κ3) is 3.09. The molecule has 1 fully saturated rings. The first-order valence-electron chi connectivity index (χ1n) is 8.24. The molecule has 0 bridgehead atoms. The molecule has 5 nitrogen and oxygen atoms in total. The predicted molar refractivity (Wildman–Crippen MR) is 95.4 cm³/mol. The van der Waals surface area contributed by atoms with E-state index in [4.69, 9.17) is 16.3 Å². The molecule has 0 unspecified atom stereocenters. The molecule has 0 aliphatic carbocycles. The number of piperidine rings is 1. The minimum atomic E-state index is 0.514. The fourth-order valence-electron chi connectivity index (χ4n) is 3.04. The van der Waals surface area contributed by atoms with Crippen LogP contribution in [0, 0.1) is 5.92 Å². The second kappa shape index (κ2) is 6.79. The molecule has 3 heterocycles. The standard InChI is InChI=1S/C18H19ClN4O/c19-14-10-21-18-15(16(14)24-11-12-6-8-20-9-7-12)22-17(23-18)13-4-2-1-3-5-13/h1-5,10,12,20H,6-9,11H2,(H,21,22,23). The SMILES string of the molecule is Clc1cnc2nc(-c3ccccc3)[nH]c2c1OCC1CCNCC1. The van der Waals surface area contributed by atoms with Gasteiger partial charge in [0.1, 0.15) is 16.4 Å². The largest absolute Gasteiger partial charge is 0.489 e. The number of H-pyrrole nitrogens is 1. The van der Waals surface area contributed by atoms with E-state index in [2.05, 4.69) is 20.3 Å². The summed E-state index contributed by atoms with van der Waals surface area (Å²) < 4.78 is 6.07. The van der Waals surface area contributed by atoms with E-state index < -0.39 is 0 Å². The molecule has 6 heteroatoms. The van der Waals surface area contributed by atoms with E-state index in [0.717, 1.165) is 42.8 Å². The second-order valence-electron chi connectivity index (χ2n) is 6.09. The van der Waals surface area contributed by atoms with Gasteiger partial charge in [-0.15, -0.1) is 0 Å². The van der Waals surface area contributed by atoms with Gasteiger partial charge in [-0.3, -0.25) is 0 Å². The Morgan fingerprint density at radius 2 is 1.96 bits per heavy atom. The van der Waals surface area contributed by atoms with Crippen LogP contribution in [0.3, 0.4) is 0 Å². The van der Waals surface area contributed by atoms with Crippen molar-refractivity contribution in [3.8, 4) is 17.1 Å². The van der Waals surface area contributed by atoms with Crippen LogP contribution in [-0.4, -0.2) is 34.6 Å². The number of nitrogens with one attached hydrogen (secondary N) is 2. The number of imidazole rings is 1. The van der Waals surface area contributed by atoms with E-state index in [0.29, 0.717) is 28.9 Å². The number of halogens is 1. The monoisotopic (exact) mass is 342 g/mol. The number of fused-ring (bicyclic) bond motifs is 1. The fraction of sp³-hybridized carbons (Fsp3) is 0.333. The van der Waals surface area contributed by atoms with Gasteiger partial charge in [0.05, 0.1) is 12.8 Å². The summed E-state index contributed by atoms with van der Waals surface area (Å²) in [6.07, 6.45) is 3.87. The topological polar surface area (TPSA) is 62.8 Å². The maximum atomic E-state index is 6.33. The van der Waals surface area contributed by atoms with Crippen LogP contribution in [0.1, 0.15) is 12.8 Å². The summed E-state index contributed by atoms with van der Waals surface area (Å²) in [4.78, 5) is 12.2. The number of hydrogen-bond donors (Lipinski definition) is 2. The first-order chi connectivity index (χ1) is 11.8. The van der Waals surface area contributed by atoms with Gasteiger partial charge in [-0.1, -0.05) is 41.9 Å². The van der Waals surface area contributed by atoms with Crippen molar-refractivity contribution in [1.82, 2.24) is 20.3 Å². The molecular weight excluding hydrogens is 324 g/mol. The van der Waals surface area contributed by atoms with Crippen molar-refractivity contribution in [2.24, 2.45) is 5.92 Å². The lowest BCUT2D eigenvalue weighted by Gasteiger charge is -2.22. The lowest BCUT2D eigenvalue weighted by molar-refractivity contribution is 0.217. The maximum Gasteiger partial charge on any atom is 0.182 e. The lowest BCUT2D eigenvalue weighted by atomic mass is 9.99. The molecule has 0 saturated carbocycles. The Labute approximate surface area is 145 Å². The van der Waals surface area contributed by atoms with Crippen LogP contribution in [-0.2, 0) is 0 Å². The summed E-state index contributed by atoms with van der Waals surface area (Å²) in [5.41, 5.74) is 2.39. The van der Waals surface area contributed by atoms with E-state index in [1.165, 1.54) is 0 Å². The zero-order valence-corrected chi connectivity index (χ0v) is 14.0. The van der Waals surface area contributed by atoms with Crippen molar-refractivity contribution < 1.29 is 4.74 Å². The molecular formula is C18H19ClN4O. The Balaban J connectivity index is 1.64. The molecule has 1 aliphatic rings. The molecule has 0 radical (unpaired) electrons. The molecule has 24 heavy (non-hydrogen) atoms. The van der Waals surface area contributed by atoms with Gasteiger partial charge >= 0.3 is 0 Å². The van der Waals surface area contributed by atoms with Crippen molar-refractivity contribution >= 4 is 22.8 Å². The number of nitrogens with zero attached hydrogens (tertiary/aromatic N) is 2. The number of aromatic amines is 1. The van der Waals surface area contributed by atoms with Crippen LogP contribution >= 0.6 is 11.6 Å². The Kier molecular flexibility index (Phi) is 4.36. The molecule has 0 spiro atoms. The molecule has 124 valence electrons. The normalized spacial score (nSPS) is 15.7. The molecule has 2 N–H and O–H groups in total. The zero-order valence-electron chi connectivity index (χ0n) is 13.3. The van der Waals surface area contributed by atoms with E-state index in [1.807, 2.05) is 30.3 Å². The molecule has 3 aromatic rings. The van der Waals surface area contributed by atoms with E-state index >= 15 is 0 Å². The molecule has 0 amide bonds. The van der Waals surface area contributed by atoms with Crippen LogP contribution in [0.15, 0.2) is 36.5 Å². The average Bonchev–Trinajstić information content (AvgIpc) is 3.07. The van der Waals surface area contributed by atoms with Gasteiger partial charge in [0.25, 0.3) is 0 Å². The van der Waals surface area contributed by atoms with Gasteiger partial charge in [0.15, 0.2) is 11.4 Å². The smallest absolute Gasteiger partial charge is 0.182 e. The maximum absolute atomic E-state index is 6.33. The van der Waals surface area contributed by atoms with Crippen molar-refractivity contribution in [3.63, 3.8) is 0 Å². The van der Waals surface area contributed by atoms with Crippen molar-refractivity contribution in [2.75, 3.05) is 19.7 Å². The highest BCUT2D eigenvalue weighted by Gasteiger charge is 2.18. The summed E-state index contributed by atoms with van der Waals surface area (Å²) in [5.74, 6) is 1.98. The first-order valence-corrected chi connectivity index (χ1v) is 8.62. The average molecular weight is 343 g/mol. The minimum absolute atomic E-state index is 0.514. The van der Waals surface area contributed by atoms with Crippen LogP contribution in [0.4, 0.5) is 0 Å².